The molecule has 0 aromatic carbocycles. The second kappa shape index (κ2) is 31.3. The largest absolute Gasteiger partial charge is 0.490 e. The number of aliphatic hydroxyl groups excluding tert-OH is 4. The highest BCUT2D eigenvalue weighted by Crippen LogP contribution is 2.73. The Bertz CT molecular complexity index is 4970. The van der Waals surface area contributed by atoms with E-state index in [2.05, 4.69) is 16.0 Å². The number of rotatable bonds is 11. The Kier molecular flexibility index (Phi) is 22.2. The number of ketones is 6. The van der Waals surface area contributed by atoms with Crippen molar-refractivity contribution in [1.29, 1.82) is 0 Å². The molecule has 0 spiro atoms. The van der Waals surface area contributed by atoms with E-state index in [-0.39, 0.29) is 60.5 Å². The summed E-state index contributed by atoms with van der Waals surface area (Å²) in [6.07, 6.45) is 21.1. The van der Waals surface area contributed by atoms with Gasteiger partial charge in [-0.1, -0.05) is 76.5 Å². The monoisotopic (exact) mass is 1850 g/mol. The summed E-state index contributed by atoms with van der Waals surface area (Å²) in [5.74, 6) is -6.00. The smallest absolute Gasteiger partial charge is 0.461 e. The molecule has 132 heavy (non-hydrogen) atoms. The number of alkyl halides is 6. The molecule has 24 aliphatic carbocycles. The molecule has 24 aliphatic rings. The third-order valence-corrected chi connectivity index (χ3v) is 40.5. The topological polar surface area (TPSA) is 351 Å². The van der Waals surface area contributed by atoms with E-state index >= 15 is 13.2 Å². The molecule has 0 saturated heterocycles. The average Bonchev–Trinajstić information content (AvgIpc) is 0.664. The van der Waals surface area contributed by atoms with Crippen molar-refractivity contribution < 1.29 is 123 Å². The lowest BCUT2D eigenvalue weighted by Gasteiger charge is -2.65. The first-order valence-corrected chi connectivity index (χ1v) is 49.4. The number of allylic oxidation sites excluding steroid dienone is 12. The maximum absolute atomic E-state index is 18.1. The lowest BCUT2D eigenvalue weighted by Crippen LogP contribution is -2.73. The molecule has 6 unspecified atom stereocenters. The van der Waals surface area contributed by atoms with Crippen LogP contribution < -0.4 is 16.0 Å². The number of amides is 3. The summed E-state index contributed by atoms with van der Waals surface area (Å²) < 4.78 is 123. The third kappa shape index (κ3) is 13.8. The van der Waals surface area contributed by atoms with Crippen LogP contribution >= 0.6 is 0 Å². The fourth-order valence-corrected chi connectivity index (χ4v) is 35.3. The molecule has 23 nitrogen and oxygen atoms in total. The number of hydrogen-bond acceptors (Lipinski definition) is 20. The first kappa shape index (κ1) is 93.6. The molecule has 0 aromatic heterocycles. The first-order chi connectivity index (χ1) is 61.8. The van der Waals surface area contributed by atoms with Gasteiger partial charge in [0.1, 0.15) is 12.7 Å². The van der Waals surface area contributed by atoms with Gasteiger partial charge in [-0.3, -0.25) is 33.6 Å². The van der Waals surface area contributed by atoms with Crippen LogP contribution in [0.1, 0.15) is 262 Å². The molecule has 21 saturated carbocycles. The second-order valence-electron chi connectivity index (χ2n) is 48.0. The summed E-state index contributed by atoms with van der Waals surface area (Å²) in [5.41, 5.74) is -19.5. The van der Waals surface area contributed by atoms with Gasteiger partial charge >= 0.3 is 36.4 Å². The predicted octanol–water partition coefficient (Wildman–Crippen LogP) is 15.5. The fourth-order valence-electron chi connectivity index (χ4n) is 35.3. The Balaban J connectivity index is 0.000000128. The molecule has 29 heteroatoms. The summed E-state index contributed by atoms with van der Waals surface area (Å²) in [6, 6.07) is 0. The lowest BCUT2D eigenvalue weighted by molar-refractivity contribution is -0.249. The van der Waals surface area contributed by atoms with Crippen LogP contribution in [0.25, 0.3) is 0 Å². The maximum Gasteiger partial charge on any atom is 0.490 e. The number of carbonyl (C=O) groups is 11. The number of hydrogen-bond donors (Lipinski definition) is 7. The van der Waals surface area contributed by atoms with Gasteiger partial charge < -0.3 is 60.1 Å². The summed E-state index contributed by atoms with van der Waals surface area (Å²) in [6.45, 7) is 14.6. The molecule has 0 radical (unpaired) electrons. The molecule has 0 aliphatic heterocycles. The van der Waals surface area contributed by atoms with E-state index in [9.17, 15) is 86.3 Å². The molecule has 7 N–H and O–H groups in total. The van der Waals surface area contributed by atoms with Gasteiger partial charge in [-0.15, -0.1) is 0 Å². The van der Waals surface area contributed by atoms with E-state index in [1.54, 1.807) is 46.8 Å². The molecule has 0 heterocycles. The van der Waals surface area contributed by atoms with Gasteiger partial charge in [-0.25, -0.2) is 32.3 Å². The third-order valence-electron chi connectivity index (χ3n) is 40.5. The normalized spacial score (nSPS) is 50.4. The summed E-state index contributed by atoms with van der Waals surface area (Å²) in [4.78, 5) is 146. The van der Waals surface area contributed by atoms with Gasteiger partial charge in [0, 0.05) is 98.0 Å². The van der Waals surface area contributed by atoms with E-state index in [1.807, 2.05) is 13.8 Å². The summed E-state index contributed by atoms with van der Waals surface area (Å²) in [7, 11) is 0. The molecule has 12 bridgehead atoms. The number of esters is 2. The fraction of sp³-hybridized carbons (Fsp3) is 0.777. The Labute approximate surface area is 767 Å². The highest BCUT2D eigenvalue weighted by Gasteiger charge is 2.79. The number of Topliss-reactive ketones (excluding diaryl/α,β-unsaturated/α-hetero) is 3. The van der Waals surface area contributed by atoms with Crippen LogP contribution in [0.15, 0.2) is 71.4 Å². The molecular formula is C103H133F6N3O20. The van der Waals surface area contributed by atoms with Gasteiger partial charge in [-0.2, -0.15) is 13.2 Å². The number of carbonyl (C=O) groups excluding carboxylic acids is 11. The standard InChI is InChI=1S/C35H43F4NO7.C35H46FNO7.C33H44FNO6/c1-18-8-25-24-5-4-22-12-23(42)6-7-31(22,3)34(24,36)26(46-28(44)35(37,38)39)16-30(25,2)27(43)33(18,17-41)47-29(45)40-32-13-19-9-20(14-32)11-21(10-19)15-32;1-19-9-27-26-6-5-24-13-25(39)7-8-32(24,4)35(26,36)28(40)17-31(27,3)29(41)34(19,18-43-20(2)38)44-30(42)37-33-14-21-10-22(15-33)12-23(11-21)16-33;1-18-8-25-24-5-4-22-12-23(37)6-7-30(22,3)33(24,34)26(38)16-29(25,2)27(39)32(18,17-36)41-28(40)35-31-13-19-9-20(14-31)11-21(10-19)15-31/h6-7,12,18-21,24-26,41H,4-5,8-11,13-17H2,1-3H3,(H,40,45);7-8,13,19,21-23,26-28,40H,5-6,9-12,14-18H2,1-4H3,(H,37,42);6-7,12,18-21,24-26,36,38H,4-5,8-11,13-17H2,1-3H3,(H,35,40)/t18-,19?,20?,21?,24?,25?,26-,30-,31-,32?,33+,34-;19-,21?,22?,23?,26?,27?,28-,31-,32-,33?,34+,35-;18-,19?,20?,21?,24?,25?,26-,29-,30-,31?,32+,33-/m000/s1. The quantitative estimate of drug-likeness (QED) is 0.0574. The Hall–Kier alpha value is -7.37. The number of nitrogens with one attached hydrogen (secondary N) is 3. The minimum atomic E-state index is -5.42. The van der Waals surface area contributed by atoms with E-state index in [0.29, 0.717) is 109 Å². The van der Waals surface area contributed by atoms with E-state index < -0.39 is 223 Å². The van der Waals surface area contributed by atoms with Crippen molar-refractivity contribution in [3.05, 3.63) is 71.4 Å². The van der Waals surface area contributed by atoms with Gasteiger partial charge in [0.15, 0.2) is 62.9 Å². The van der Waals surface area contributed by atoms with Crippen LogP contribution in [0.3, 0.4) is 0 Å². The molecule has 0 aromatic rings. The molecule has 3 amide bonds. The zero-order valence-corrected chi connectivity index (χ0v) is 77.7. The van der Waals surface area contributed by atoms with Crippen LogP contribution in [-0.2, 0) is 62.0 Å². The van der Waals surface area contributed by atoms with E-state index in [4.69, 9.17) is 23.7 Å². The number of fused-ring (bicyclic) bond motifs is 15. The molecule has 722 valence electrons. The SMILES string of the molecule is CC(=O)OC[C@]1(OC(=O)NC23CC4CC(CC(C4)C2)C3)C(=O)[C@@]2(C)C[C@H](O)[C@@]3(F)C(CCC4=CC(=O)C=C[C@@]43C)C2C[C@@H]1C.C[C@H]1CC2C3CCC4=CC(=O)C=C[C@]4(C)[C@@]3(F)[C@@H](O)C[C@]2(C)C(=O)[C@]1(CO)OC(=O)NC12CC3CC(CC(C3)C1)C2.C[C@H]1CC2C3CCC4=CC(=O)C=C[C@]4(C)[C@@]3(F)[C@@H](OC(=O)C(F)(F)F)C[C@]2(C)C(=O)[C@]1(CO)OC(=O)NC12CC3CC(CC(C3)C1)C2. The lowest BCUT2D eigenvalue weighted by atomic mass is 9.41. The van der Waals surface area contributed by atoms with Crippen molar-refractivity contribution in [1.82, 2.24) is 16.0 Å². The van der Waals surface area contributed by atoms with E-state index in [0.717, 1.165) is 77.0 Å². The zero-order chi connectivity index (χ0) is 94.6. The van der Waals surface area contributed by atoms with Crippen molar-refractivity contribution in [2.45, 2.75) is 337 Å². The van der Waals surface area contributed by atoms with Crippen LogP contribution in [0.5, 0.6) is 0 Å². The number of halogens is 6. The van der Waals surface area contributed by atoms with Crippen molar-refractivity contribution in [3.63, 3.8) is 0 Å². The Morgan fingerprint density at radius 3 is 0.970 bits per heavy atom. The van der Waals surface area contributed by atoms with Gasteiger partial charge in [-0.05, 0) is 314 Å². The van der Waals surface area contributed by atoms with Crippen molar-refractivity contribution in [3.8, 4) is 0 Å². The van der Waals surface area contributed by atoms with Gasteiger partial charge in [0.05, 0.1) is 25.4 Å². The maximum atomic E-state index is 18.1. The predicted molar refractivity (Wildman–Crippen MR) is 464 cm³/mol. The summed E-state index contributed by atoms with van der Waals surface area (Å²) >= 11 is 0. The van der Waals surface area contributed by atoms with Crippen LogP contribution in [-0.4, -0.2) is 180 Å². The van der Waals surface area contributed by atoms with Crippen molar-refractivity contribution in [2.75, 3.05) is 19.8 Å². The highest BCUT2D eigenvalue weighted by molar-refractivity contribution is 6.03. The van der Waals surface area contributed by atoms with Crippen molar-refractivity contribution in [2.24, 2.45) is 139 Å². The molecular weight excluding hydrogens is 1710 g/mol. The summed E-state index contributed by atoms with van der Waals surface area (Å²) in [5, 5.41) is 54.2. The molecule has 24 atom stereocenters. The Morgan fingerprint density at radius 2 is 0.674 bits per heavy atom. The number of aliphatic hydroxyl groups is 4. The number of ether oxygens (including phenoxy) is 5. The van der Waals surface area contributed by atoms with Crippen LogP contribution in [0.2, 0.25) is 0 Å². The highest BCUT2D eigenvalue weighted by atomic mass is 19.4. The second-order valence-corrected chi connectivity index (χ2v) is 48.0. The first-order valence-electron chi connectivity index (χ1n) is 49.4. The van der Waals surface area contributed by atoms with E-state index in [1.165, 1.54) is 102 Å². The van der Waals surface area contributed by atoms with Gasteiger partial charge in [0.2, 0.25) is 5.60 Å². The van der Waals surface area contributed by atoms with Crippen molar-refractivity contribution >= 4 is 64.9 Å². The average molecular weight is 1850 g/mol. The zero-order valence-electron chi connectivity index (χ0n) is 77.7. The molecule has 24 rings (SSSR count). The minimum Gasteiger partial charge on any atom is -0.461 e. The Morgan fingerprint density at radius 1 is 0.402 bits per heavy atom. The van der Waals surface area contributed by atoms with Gasteiger partial charge in [0.25, 0.3) is 0 Å². The number of alkyl carbamates (subject to hydrolysis) is 3. The van der Waals surface area contributed by atoms with Crippen LogP contribution in [0, 0.1) is 139 Å². The molecule has 21 fully saturated rings. The van der Waals surface area contributed by atoms with Crippen LogP contribution in [0.4, 0.5) is 40.7 Å². The minimum absolute atomic E-state index is 0.0961.